The second-order valence-corrected chi connectivity index (χ2v) is 9.99. The summed E-state index contributed by atoms with van der Waals surface area (Å²) >= 11 is 1.55. The minimum atomic E-state index is -0.0585. The molecule has 2 aromatic carbocycles. The van der Waals surface area contributed by atoms with Gasteiger partial charge in [0.1, 0.15) is 0 Å². The van der Waals surface area contributed by atoms with Crippen molar-refractivity contribution in [2.24, 2.45) is 0 Å². The molecule has 0 aliphatic heterocycles. The minimum absolute atomic E-state index is 0.0414. The lowest BCUT2D eigenvalue weighted by Crippen LogP contribution is -2.30. The van der Waals surface area contributed by atoms with E-state index in [1.54, 1.807) is 28.6 Å². The van der Waals surface area contributed by atoms with E-state index in [0.717, 1.165) is 15.8 Å². The van der Waals surface area contributed by atoms with Crippen molar-refractivity contribution in [2.45, 2.75) is 46.6 Å². The Morgan fingerprint density at radius 1 is 1.03 bits per heavy atom. The maximum atomic E-state index is 13.6. The Balaban J connectivity index is 1.75. The number of carbonyl (C=O) groups is 1. The van der Waals surface area contributed by atoms with E-state index in [2.05, 4.69) is 51.7 Å². The van der Waals surface area contributed by atoms with E-state index in [1.165, 1.54) is 16.7 Å². The number of thiazole rings is 1. The molecule has 0 saturated carbocycles. The third kappa shape index (κ3) is 4.52. The molecular formula is C26H27N3OS. The number of nitrogens with zero attached hydrogens (tertiary/aromatic N) is 3. The Hall–Kier alpha value is -3.05. The number of hydrogen-bond acceptors (Lipinski definition) is 4. The van der Waals surface area contributed by atoms with Crippen molar-refractivity contribution in [1.29, 1.82) is 0 Å². The SMILES string of the molecule is Cc1cc2nc(N(Cc3cccnc3)C(=O)c3ccc(C(C)(C)C)cc3)sc2cc1C. The number of anilines is 1. The first-order valence-corrected chi connectivity index (χ1v) is 11.2. The Morgan fingerprint density at radius 2 is 1.74 bits per heavy atom. The van der Waals surface area contributed by atoms with Crippen LogP contribution in [0.5, 0.6) is 0 Å². The molecule has 4 aromatic rings. The van der Waals surface area contributed by atoms with Crippen molar-refractivity contribution < 1.29 is 4.79 Å². The second-order valence-electron chi connectivity index (χ2n) is 8.98. The van der Waals surface area contributed by atoms with Gasteiger partial charge in [-0.15, -0.1) is 0 Å². The Morgan fingerprint density at radius 3 is 2.39 bits per heavy atom. The molecule has 158 valence electrons. The highest BCUT2D eigenvalue weighted by molar-refractivity contribution is 7.22. The van der Waals surface area contributed by atoms with Crippen molar-refractivity contribution in [1.82, 2.24) is 9.97 Å². The van der Waals surface area contributed by atoms with Gasteiger partial charge in [0.15, 0.2) is 5.13 Å². The van der Waals surface area contributed by atoms with E-state index in [0.29, 0.717) is 17.2 Å². The predicted molar refractivity (Wildman–Crippen MR) is 129 cm³/mol. The number of aryl methyl sites for hydroxylation is 2. The largest absolute Gasteiger partial charge is 0.279 e. The maximum absolute atomic E-state index is 13.6. The summed E-state index contributed by atoms with van der Waals surface area (Å²) < 4.78 is 1.09. The van der Waals surface area contributed by atoms with Gasteiger partial charge in [-0.3, -0.25) is 14.7 Å². The van der Waals surface area contributed by atoms with Crippen LogP contribution < -0.4 is 4.90 Å². The number of carbonyl (C=O) groups excluding carboxylic acids is 1. The van der Waals surface area contributed by atoms with Gasteiger partial charge in [-0.2, -0.15) is 0 Å². The number of hydrogen-bond donors (Lipinski definition) is 0. The van der Waals surface area contributed by atoms with E-state index < -0.39 is 0 Å². The average molecular weight is 430 g/mol. The summed E-state index contributed by atoms with van der Waals surface area (Å²) in [4.78, 5) is 24.4. The lowest BCUT2D eigenvalue weighted by Gasteiger charge is -2.22. The maximum Gasteiger partial charge on any atom is 0.260 e. The van der Waals surface area contributed by atoms with Crippen LogP contribution in [0.2, 0.25) is 0 Å². The number of amides is 1. The summed E-state index contributed by atoms with van der Waals surface area (Å²) in [6, 6.07) is 16.0. The van der Waals surface area contributed by atoms with Gasteiger partial charge < -0.3 is 0 Å². The van der Waals surface area contributed by atoms with Gasteiger partial charge in [-0.25, -0.2) is 4.98 Å². The molecule has 4 rings (SSSR count). The first-order valence-electron chi connectivity index (χ1n) is 10.4. The van der Waals surface area contributed by atoms with Gasteiger partial charge in [0, 0.05) is 18.0 Å². The fraction of sp³-hybridized carbons (Fsp3) is 0.269. The average Bonchev–Trinajstić information content (AvgIpc) is 3.14. The van der Waals surface area contributed by atoms with Crippen LogP contribution in [0, 0.1) is 13.8 Å². The predicted octanol–water partition coefficient (Wildman–Crippen LogP) is 6.45. The van der Waals surface area contributed by atoms with Crippen molar-refractivity contribution in [3.05, 3.63) is 88.7 Å². The molecule has 2 heterocycles. The lowest BCUT2D eigenvalue weighted by molar-refractivity contribution is 0.0985. The smallest absolute Gasteiger partial charge is 0.260 e. The standard InChI is InChI=1S/C26H27N3OS/c1-17-13-22-23(14-18(17)2)31-25(28-22)29(16-19-7-6-12-27-15-19)24(30)20-8-10-21(11-9-20)26(3,4)5/h6-15H,16H2,1-5H3. The van der Waals surface area contributed by atoms with Gasteiger partial charge in [-0.05, 0) is 71.8 Å². The number of benzene rings is 2. The van der Waals surface area contributed by atoms with Crippen molar-refractivity contribution in [3.8, 4) is 0 Å². The lowest BCUT2D eigenvalue weighted by atomic mass is 9.86. The van der Waals surface area contributed by atoms with Crippen LogP contribution in [0.15, 0.2) is 60.9 Å². The minimum Gasteiger partial charge on any atom is -0.279 e. The van der Waals surface area contributed by atoms with Crippen molar-refractivity contribution >= 4 is 32.6 Å². The van der Waals surface area contributed by atoms with Crippen LogP contribution in [-0.2, 0) is 12.0 Å². The molecule has 0 atom stereocenters. The molecular weight excluding hydrogens is 402 g/mol. The highest BCUT2D eigenvalue weighted by Crippen LogP contribution is 2.33. The molecule has 31 heavy (non-hydrogen) atoms. The number of pyridine rings is 1. The summed E-state index contributed by atoms with van der Waals surface area (Å²) in [5, 5.41) is 0.703. The molecule has 0 saturated heterocycles. The zero-order valence-electron chi connectivity index (χ0n) is 18.6. The van der Waals surface area contributed by atoms with Crippen molar-refractivity contribution in [3.63, 3.8) is 0 Å². The van der Waals surface area contributed by atoms with Gasteiger partial charge >= 0.3 is 0 Å². The van der Waals surface area contributed by atoms with E-state index in [-0.39, 0.29) is 11.3 Å². The first-order chi connectivity index (χ1) is 14.7. The van der Waals surface area contributed by atoms with E-state index >= 15 is 0 Å². The van der Waals surface area contributed by atoms with Gasteiger partial charge in [0.05, 0.1) is 16.8 Å². The molecule has 0 N–H and O–H groups in total. The third-order valence-electron chi connectivity index (χ3n) is 5.53. The first kappa shape index (κ1) is 21.2. The van der Waals surface area contributed by atoms with Crippen LogP contribution in [0.4, 0.5) is 5.13 Å². The summed E-state index contributed by atoms with van der Waals surface area (Å²) in [5.41, 5.74) is 6.22. The van der Waals surface area contributed by atoms with Crippen LogP contribution in [0.3, 0.4) is 0 Å². The molecule has 2 aromatic heterocycles. The van der Waals surface area contributed by atoms with Gasteiger partial charge in [-0.1, -0.05) is 50.3 Å². The van der Waals surface area contributed by atoms with Crippen molar-refractivity contribution in [2.75, 3.05) is 4.90 Å². The fourth-order valence-corrected chi connectivity index (χ4v) is 4.50. The highest BCUT2D eigenvalue weighted by atomic mass is 32.1. The second kappa shape index (κ2) is 8.23. The Kier molecular flexibility index (Phi) is 5.63. The molecule has 1 amide bonds. The van der Waals surface area contributed by atoms with Crippen LogP contribution in [0.25, 0.3) is 10.2 Å². The molecule has 0 bridgehead atoms. The molecule has 0 radical (unpaired) electrons. The molecule has 0 fully saturated rings. The monoisotopic (exact) mass is 429 g/mol. The summed E-state index contributed by atoms with van der Waals surface area (Å²) in [5.74, 6) is -0.0585. The van der Waals surface area contributed by atoms with E-state index in [4.69, 9.17) is 4.98 Å². The third-order valence-corrected chi connectivity index (χ3v) is 6.57. The van der Waals surface area contributed by atoms with E-state index in [9.17, 15) is 4.79 Å². The van der Waals surface area contributed by atoms with Crippen LogP contribution in [-0.4, -0.2) is 15.9 Å². The molecule has 0 unspecified atom stereocenters. The normalized spacial score (nSPS) is 11.6. The number of aromatic nitrogens is 2. The zero-order chi connectivity index (χ0) is 22.2. The Bertz CT molecular complexity index is 1180. The molecule has 0 aliphatic carbocycles. The highest BCUT2D eigenvalue weighted by Gasteiger charge is 2.23. The summed E-state index contributed by atoms with van der Waals surface area (Å²) in [6.45, 7) is 11.1. The molecule has 4 nitrogen and oxygen atoms in total. The number of fused-ring (bicyclic) bond motifs is 1. The van der Waals surface area contributed by atoms with Gasteiger partial charge in [0.25, 0.3) is 5.91 Å². The Labute approximate surface area is 187 Å². The number of rotatable bonds is 4. The van der Waals surface area contributed by atoms with Crippen LogP contribution in [0.1, 0.15) is 53.4 Å². The van der Waals surface area contributed by atoms with E-state index in [1.807, 2.05) is 36.4 Å². The molecule has 0 spiro atoms. The molecule has 0 aliphatic rings. The summed E-state index contributed by atoms with van der Waals surface area (Å²) in [6.07, 6.45) is 3.54. The fourth-order valence-electron chi connectivity index (χ4n) is 3.45. The summed E-state index contributed by atoms with van der Waals surface area (Å²) in [7, 11) is 0. The van der Waals surface area contributed by atoms with Gasteiger partial charge in [0.2, 0.25) is 0 Å². The zero-order valence-corrected chi connectivity index (χ0v) is 19.5. The van der Waals surface area contributed by atoms with Crippen LogP contribution >= 0.6 is 11.3 Å². The topological polar surface area (TPSA) is 46.1 Å². The quantitative estimate of drug-likeness (QED) is 0.374. The molecule has 5 heteroatoms.